The van der Waals surface area contributed by atoms with E-state index in [9.17, 15) is 4.79 Å². The zero-order chi connectivity index (χ0) is 14.8. The number of imidazole rings is 1. The lowest BCUT2D eigenvalue weighted by Crippen LogP contribution is -2.28. The zero-order valence-corrected chi connectivity index (χ0v) is 12.8. The van der Waals surface area contributed by atoms with Gasteiger partial charge >= 0.3 is 0 Å². The van der Waals surface area contributed by atoms with E-state index in [4.69, 9.17) is 23.2 Å². The van der Waals surface area contributed by atoms with Gasteiger partial charge in [-0.2, -0.15) is 0 Å². The van der Waals surface area contributed by atoms with E-state index in [1.165, 1.54) is 0 Å². The van der Waals surface area contributed by atoms with E-state index < -0.39 is 0 Å². The van der Waals surface area contributed by atoms with Gasteiger partial charge in [0.25, 0.3) is 0 Å². The number of carbonyl (C=O) groups is 1. The number of aromatic nitrogens is 2. The van der Waals surface area contributed by atoms with E-state index in [-0.39, 0.29) is 17.7 Å². The summed E-state index contributed by atoms with van der Waals surface area (Å²) in [6.07, 6.45) is 6.18. The molecule has 21 heavy (non-hydrogen) atoms. The van der Waals surface area contributed by atoms with Gasteiger partial charge in [-0.25, -0.2) is 4.98 Å². The van der Waals surface area contributed by atoms with Gasteiger partial charge in [0.1, 0.15) is 0 Å². The van der Waals surface area contributed by atoms with Crippen molar-refractivity contribution in [1.82, 2.24) is 14.9 Å². The van der Waals surface area contributed by atoms with Crippen molar-refractivity contribution in [2.75, 3.05) is 6.54 Å². The summed E-state index contributed by atoms with van der Waals surface area (Å²) in [5.74, 6) is 0.320. The number of nitrogens with zero attached hydrogens (tertiary/aromatic N) is 2. The summed E-state index contributed by atoms with van der Waals surface area (Å²) in [6.45, 7) is 1.33. The minimum absolute atomic E-state index is 0.0199. The van der Waals surface area contributed by atoms with Crippen molar-refractivity contribution in [3.63, 3.8) is 0 Å². The van der Waals surface area contributed by atoms with Crippen molar-refractivity contribution in [2.45, 2.75) is 18.9 Å². The Morgan fingerprint density at radius 1 is 1.43 bits per heavy atom. The number of benzene rings is 1. The fraction of sp³-hybridized carbons (Fsp3) is 0.333. The van der Waals surface area contributed by atoms with Gasteiger partial charge in [0.15, 0.2) is 0 Å². The lowest BCUT2D eigenvalue weighted by molar-refractivity contribution is -0.122. The largest absolute Gasteiger partial charge is 0.354 e. The van der Waals surface area contributed by atoms with Gasteiger partial charge in [0.2, 0.25) is 5.91 Å². The monoisotopic (exact) mass is 323 g/mol. The van der Waals surface area contributed by atoms with Crippen molar-refractivity contribution in [1.29, 1.82) is 0 Å². The summed E-state index contributed by atoms with van der Waals surface area (Å²) in [4.78, 5) is 16.1. The minimum Gasteiger partial charge on any atom is -0.354 e. The molecule has 1 aliphatic rings. The van der Waals surface area contributed by atoms with Crippen LogP contribution in [0.3, 0.4) is 0 Å². The summed E-state index contributed by atoms with van der Waals surface area (Å²) < 4.78 is 1.93. The molecular formula is C15H15Cl2N3O. The zero-order valence-electron chi connectivity index (χ0n) is 11.3. The molecule has 0 aliphatic heterocycles. The highest BCUT2D eigenvalue weighted by Crippen LogP contribution is 2.49. The van der Waals surface area contributed by atoms with Crippen molar-refractivity contribution in [2.24, 2.45) is 5.92 Å². The predicted octanol–water partition coefficient (Wildman–Crippen LogP) is 3.11. The maximum atomic E-state index is 12.1. The molecular weight excluding hydrogens is 309 g/mol. The van der Waals surface area contributed by atoms with Gasteiger partial charge in [0.05, 0.1) is 6.33 Å². The average molecular weight is 324 g/mol. The van der Waals surface area contributed by atoms with Crippen LogP contribution in [0.25, 0.3) is 0 Å². The van der Waals surface area contributed by atoms with Gasteiger partial charge in [-0.1, -0.05) is 29.3 Å². The summed E-state index contributed by atoms with van der Waals surface area (Å²) in [7, 11) is 0. The van der Waals surface area contributed by atoms with Crippen LogP contribution in [0.1, 0.15) is 17.9 Å². The normalized spacial score (nSPS) is 20.3. The van der Waals surface area contributed by atoms with Crippen LogP contribution in [0.4, 0.5) is 0 Å². The molecule has 1 aliphatic carbocycles. The van der Waals surface area contributed by atoms with Gasteiger partial charge < -0.3 is 9.88 Å². The smallest absolute Gasteiger partial charge is 0.223 e. The molecule has 1 saturated carbocycles. The number of nitrogens with one attached hydrogen (secondary N) is 1. The van der Waals surface area contributed by atoms with Crippen molar-refractivity contribution < 1.29 is 4.79 Å². The third-order valence-electron chi connectivity index (χ3n) is 3.72. The van der Waals surface area contributed by atoms with Gasteiger partial charge in [-0.05, 0) is 30.0 Å². The number of hydrogen-bond acceptors (Lipinski definition) is 2. The summed E-state index contributed by atoms with van der Waals surface area (Å²) in [5, 5.41) is 4.21. The van der Waals surface area contributed by atoms with Crippen molar-refractivity contribution >= 4 is 29.1 Å². The standard InChI is InChI=1S/C15H15Cl2N3O/c16-10-1-2-11(14(17)7-10)12-8-13(12)15(21)19-4-6-20-5-3-18-9-20/h1-3,5,7,9,12-13H,4,6,8H2,(H,19,21)/t12-,13+/m0/s1. The molecule has 0 saturated heterocycles. The fourth-order valence-corrected chi connectivity index (χ4v) is 3.04. The Morgan fingerprint density at radius 3 is 3.00 bits per heavy atom. The lowest BCUT2D eigenvalue weighted by atomic mass is 10.1. The first-order valence-corrected chi connectivity index (χ1v) is 7.59. The van der Waals surface area contributed by atoms with Crippen LogP contribution in [0.2, 0.25) is 10.0 Å². The maximum Gasteiger partial charge on any atom is 0.223 e. The Labute approximate surface area is 133 Å². The summed E-state index contributed by atoms with van der Waals surface area (Å²) >= 11 is 12.1. The fourth-order valence-electron chi connectivity index (χ4n) is 2.49. The van der Waals surface area contributed by atoms with E-state index in [0.717, 1.165) is 18.5 Å². The van der Waals surface area contributed by atoms with Crippen LogP contribution < -0.4 is 5.32 Å². The molecule has 6 heteroatoms. The van der Waals surface area contributed by atoms with E-state index >= 15 is 0 Å². The van der Waals surface area contributed by atoms with Crippen LogP contribution in [0, 0.1) is 5.92 Å². The first-order valence-electron chi connectivity index (χ1n) is 6.83. The van der Waals surface area contributed by atoms with E-state index in [2.05, 4.69) is 10.3 Å². The van der Waals surface area contributed by atoms with Crippen LogP contribution in [0.5, 0.6) is 0 Å². The second-order valence-electron chi connectivity index (χ2n) is 5.21. The molecule has 3 rings (SSSR count). The topological polar surface area (TPSA) is 46.9 Å². The number of hydrogen-bond donors (Lipinski definition) is 1. The molecule has 4 nitrogen and oxygen atoms in total. The highest BCUT2D eigenvalue weighted by atomic mass is 35.5. The Kier molecular flexibility index (Phi) is 4.17. The quantitative estimate of drug-likeness (QED) is 0.919. The minimum atomic E-state index is 0.0199. The predicted molar refractivity (Wildman–Crippen MR) is 82.5 cm³/mol. The Balaban J connectivity index is 1.51. The molecule has 2 aromatic rings. The second-order valence-corrected chi connectivity index (χ2v) is 6.05. The van der Waals surface area contributed by atoms with Crippen molar-refractivity contribution in [3.8, 4) is 0 Å². The SMILES string of the molecule is O=C(NCCn1ccnc1)[C@@H]1C[C@H]1c1ccc(Cl)cc1Cl. The molecule has 1 heterocycles. The average Bonchev–Trinajstić information content (AvgIpc) is 3.06. The molecule has 1 N–H and O–H groups in total. The molecule has 0 spiro atoms. The van der Waals surface area contributed by atoms with Gasteiger partial charge in [-0.3, -0.25) is 4.79 Å². The first-order chi connectivity index (χ1) is 10.1. The highest BCUT2D eigenvalue weighted by molar-refractivity contribution is 6.35. The molecule has 1 aromatic carbocycles. The van der Waals surface area contributed by atoms with Crippen LogP contribution in [0.15, 0.2) is 36.9 Å². The van der Waals surface area contributed by atoms with Gasteiger partial charge in [-0.15, -0.1) is 0 Å². The van der Waals surface area contributed by atoms with E-state index in [1.54, 1.807) is 18.6 Å². The summed E-state index contributed by atoms with van der Waals surface area (Å²) in [6, 6.07) is 5.45. The molecule has 0 unspecified atom stereocenters. The first kappa shape index (κ1) is 14.4. The highest BCUT2D eigenvalue weighted by Gasteiger charge is 2.44. The number of amides is 1. The molecule has 0 radical (unpaired) electrons. The van der Waals surface area contributed by atoms with Crippen molar-refractivity contribution in [3.05, 3.63) is 52.5 Å². The molecule has 0 bridgehead atoms. The van der Waals surface area contributed by atoms with Crippen LogP contribution in [-0.2, 0) is 11.3 Å². The number of rotatable bonds is 5. The van der Waals surface area contributed by atoms with E-state index in [1.807, 2.05) is 22.9 Å². The third-order valence-corrected chi connectivity index (χ3v) is 4.28. The Bertz CT molecular complexity index is 642. The third kappa shape index (κ3) is 3.39. The summed E-state index contributed by atoms with van der Waals surface area (Å²) in [5.41, 5.74) is 1.01. The lowest BCUT2D eigenvalue weighted by Gasteiger charge is -2.07. The molecule has 1 amide bonds. The Hall–Kier alpha value is -1.52. The van der Waals surface area contributed by atoms with E-state index in [0.29, 0.717) is 16.6 Å². The maximum absolute atomic E-state index is 12.1. The van der Waals surface area contributed by atoms with Gasteiger partial charge in [0, 0.05) is 41.4 Å². The van der Waals surface area contributed by atoms with Crippen LogP contribution >= 0.6 is 23.2 Å². The van der Waals surface area contributed by atoms with Crippen LogP contribution in [-0.4, -0.2) is 22.0 Å². The molecule has 1 fully saturated rings. The molecule has 1 aromatic heterocycles. The Morgan fingerprint density at radius 2 is 2.29 bits per heavy atom. The molecule has 110 valence electrons. The molecule has 2 atom stereocenters. The number of carbonyl (C=O) groups excluding carboxylic acids is 1. The second kappa shape index (κ2) is 6.08. The number of halogens is 2.